The van der Waals surface area contributed by atoms with Gasteiger partial charge in [-0.3, -0.25) is 4.57 Å². The van der Waals surface area contributed by atoms with Gasteiger partial charge in [-0.2, -0.15) is 4.98 Å². The van der Waals surface area contributed by atoms with E-state index in [0.717, 1.165) is 4.57 Å². The lowest BCUT2D eigenvalue weighted by Gasteiger charge is -2.15. The number of nitrogen functional groups attached to an aromatic ring is 1. The molecule has 2 aromatic rings. The van der Waals surface area contributed by atoms with Crippen molar-refractivity contribution in [2.45, 2.75) is 24.9 Å². The Kier molecular flexibility index (Phi) is 4.79. The Bertz CT molecular complexity index is 822. The average molecular weight is 347 g/mol. The molecule has 9 heteroatoms. The Morgan fingerprint density at radius 1 is 1.40 bits per heavy atom. The second-order valence-corrected chi connectivity index (χ2v) is 5.55. The van der Waals surface area contributed by atoms with E-state index in [4.69, 9.17) is 20.3 Å². The monoisotopic (exact) mass is 347 g/mol. The lowest BCUT2D eigenvalue weighted by Crippen LogP contribution is -2.30. The summed E-state index contributed by atoms with van der Waals surface area (Å²) in [5.41, 5.74) is 4.83. The molecular weight excluding hydrogens is 330 g/mol. The molecule has 25 heavy (non-hydrogen) atoms. The first kappa shape index (κ1) is 17.1. The number of anilines is 1. The normalized spacial score (nSPS) is 22.7. The summed E-state index contributed by atoms with van der Waals surface area (Å²) in [4.78, 5) is 28.0. The van der Waals surface area contributed by atoms with E-state index in [1.807, 2.05) is 0 Å². The molecule has 1 saturated heterocycles. The van der Waals surface area contributed by atoms with Crippen LogP contribution in [0, 0.1) is 0 Å². The van der Waals surface area contributed by atoms with Crippen LogP contribution in [-0.4, -0.2) is 44.5 Å². The number of nitrogens with two attached hydrogens (primary N) is 1. The van der Waals surface area contributed by atoms with Gasteiger partial charge < -0.3 is 25.4 Å². The molecule has 132 valence electrons. The van der Waals surface area contributed by atoms with Crippen LogP contribution in [0.3, 0.4) is 0 Å². The fraction of sp³-hybridized carbons (Fsp3) is 0.312. The van der Waals surface area contributed by atoms with Crippen LogP contribution in [0.1, 0.15) is 23.0 Å². The van der Waals surface area contributed by atoms with Crippen LogP contribution in [0.25, 0.3) is 0 Å². The van der Waals surface area contributed by atoms with Gasteiger partial charge in [0.25, 0.3) is 0 Å². The fourth-order valence-corrected chi connectivity index (χ4v) is 2.55. The molecule has 3 atom stereocenters. The highest BCUT2D eigenvalue weighted by atomic mass is 16.5. The summed E-state index contributed by atoms with van der Waals surface area (Å²) < 4.78 is 11.7. The van der Waals surface area contributed by atoms with Gasteiger partial charge >= 0.3 is 11.7 Å². The molecule has 0 saturated carbocycles. The topological polar surface area (TPSA) is 137 Å². The van der Waals surface area contributed by atoms with Gasteiger partial charge in [0.05, 0.1) is 12.7 Å². The number of carbonyl (C=O) groups excluding carboxylic acids is 1. The van der Waals surface area contributed by atoms with E-state index in [1.54, 1.807) is 30.3 Å². The SMILES string of the molecule is Nc1nc(=O)n([C@H]2C[C@H](O)[C@@H](CO)O2)cc1C(=O)Oc1ccccc1. The van der Waals surface area contributed by atoms with Gasteiger partial charge in [-0.25, -0.2) is 9.59 Å². The van der Waals surface area contributed by atoms with E-state index in [0.29, 0.717) is 5.75 Å². The zero-order chi connectivity index (χ0) is 18.0. The highest BCUT2D eigenvalue weighted by molar-refractivity contribution is 5.95. The second-order valence-electron chi connectivity index (χ2n) is 5.55. The molecule has 0 spiro atoms. The van der Waals surface area contributed by atoms with Crippen LogP contribution in [-0.2, 0) is 4.74 Å². The third-order valence-corrected chi connectivity index (χ3v) is 3.85. The first-order valence-corrected chi connectivity index (χ1v) is 7.60. The number of hydrogen-bond acceptors (Lipinski definition) is 8. The number of hydrogen-bond donors (Lipinski definition) is 3. The van der Waals surface area contributed by atoms with E-state index in [-0.39, 0.29) is 17.8 Å². The maximum absolute atomic E-state index is 12.3. The molecule has 1 aliphatic rings. The van der Waals surface area contributed by atoms with E-state index >= 15 is 0 Å². The molecule has 1 fully saturated rings. The Labute approximate surface area is 142 Å². The molecule has 1 aliphatic heterocycles. The quantitative estimate of drug-likeness (QED) is 0.506. The van der Waals surface area contributed by atoms with Gasteiger partial charge in [-0.15, -0.1) is 0 Å². The number of esters is 1. The van der Waals surface area contributed by atoms with Gasteiger partial charge in [0, 0.05) is 12.6 Å². The molecule has 0 radical (unpaired) electrons. The van der Waals surface area contributed by atoms with Gasteiger partial charge in [-0.05, 0) is 12.1 Å². The molecular formula is C16H17N3O6. The van der Waals surface area contributed by atoms with Gasteiger partial charge in [0.2, 0.25) is 0 Å². The van der Waals surface area contributed by atoms with Crippen molar-refractivity contribution >= 4 is 11.8 Å². The summed E-state index contributed by atoms with van der Waals surface area (Å²) in [7, 11) is 0. The minimum Gasteiger partial charge on any atom is -0.423 e. The zero-order valence-electron chi connectivity index (χ0n) is 13.1. The molecule has 1 aromatic carbocycles. The molecule has 2 heterocycles. The van der Waals surface area contributed by atoms with Crippen molar-refractivity contribution in [3.8, 4) is 5.75 Å². The second kappa shape index (κ2) is 7.01. The van der Waals surface area contributed by atoms with Crippen LogP contribution in [0.5, 0.6) is 5.75 Å². The Morgan fingerprint density at radius 2 is 2.12 bits per heavy atom. The third-order valence-electron chi connectivity index (χ3n) is 3.85. The van der Waals surface area contributed by atoms with Crippen molar-refractivity contribution < 1.29 is 24.5 Å². The summed E-state index contributed by atoms with van der Waals surface area (Å²) in [6.45, 7) is -0.391. The van der Waals surface area contributed by atoms with Crippen LogP contribution < -0.4 is 16.2 Å². The highest BCUT2D eigenvalue weighted by Gasteiger charge is 2.35. The number of benzene rings is 1. The molecule has 0 amide bonds. The number of rotatable bonds is 4. The number of nitrogens with zero attached hydrogens (tertiary/aromatic N) is 2. The molecule has 3 rings (SSSR count). The number of carbonyl (C=O) groups is 1. The van der Waals surface area contributed by atoms with Crippen molar-refractivity contribution in [2.24, 2.45) is 0 Å². The minimum atomic E-state index is -0.931. The van der Waals surface area contributed by atoms with Crippen molar-refractivity contribution in [1.29, 1.82) is 0 Å². The van der Waals surface area contributed by atoms with Gasteiger partial charge in [0.1, 0.15) is 29.5 Å². The molecule has 4 N–H and O–H groups in total. The standard InChI is InChI=1S/C16H17N3O6/c17-14-10(15(22)24-9-4-2-1-3-5-9)7-19(16(23)18-14)13-6-11(21)12(8-20)25-13/h1-5,7,11-13,20-21H,6,8H2,(H2,17,18,23)/t11-,12+,13+/m0/s1. The molecule has 0 bridgehead atoms. The predicted octanol–water partition coefficient (Wildman–Crippen LogP) is -0.315. The summed E-state index contributed by atoms with van der Waals surface area (Å²) in [6, 6.07) is 8.37. The largest absolute Gasteiger partial charge is 0.423 e. The number of ether oxygens (including phenoxy) is 2. The van der Waals surface area contributed by atoms with E-state index in [9.17, 15) is 14.7 Å². The van der Waals surface area contributed by atoms with Crippen LogP contribution in [0.2, 0.25) is 0 Å². The first-order valence-electron chi connectivity index (χ1n) is 7.60. The number of aromatic nitrogens is 2. The number of aliphatic hydroxyl groups is 2. The molecule has 1 aromatic heterocycles. The summed E-state index contributed by atoms with van der Waals surface area (Å²) in [5, 5.41) is 18.9. The Morgan fingerprint density at radius 3 is 2.76 bits per heavy atom. The molecule has 0 unspecified atom stereocenters. The van der Waals surface area contributed by atoms with Gasteiger partial charge in [-0.1, -0.05) is 18.2 Å². The van der Waals surface area contributed by atoms with E-state index in [1.165, 1.54) is 6.20 Å². The maximum atomic E-state index is 12.3. The summed E-state index contributed by atoms with van der Waals surface area (Å²) in [6.07, 6.45) is -1.35. The van der Waals surface area contributed by atoms with E-state index in [2.05, 4.69) is 4.98 Å². The average Bonchev–Trinajstić information content (AvgIpc) is 2.96. The van der Waals surface area contributed by atoms with E-state index < -0.39 is 36.7 Å². The van der Waals surface area contributed by atoms with Crippen LogP contribution in [0.15, 0.2) is 41.3 Å². The Hall–Kier alpha value is -2.75. The number of para-hydroxylation sites is 1. The van der Waals surface area contributed by atoms with Gasteiger partial charge in [0.15, 0.2) is 0 Å². The third kappa shape index (κ3) is 3.53. The summed E-state index contributed by atoms with van der Waals surface area (Å²) in [5.74, 6) is -0.723. The number of aliphatic hydroxyl groups excluding tert-OH is 2. The van der Waals surface area contributed by atoms with Crippen molar-refractivity contribution in [2.75, 3.05) is 12.3 Å². The Balaban J connectivity index is 1.88. The van der Waals surface area contributed by atoms with Crippen LogP contribution in [0.4, 0.5) is 5.82 Å². The van der Waals surface area contributed by atoms with Crippen molar-refractivity contribution in [3.05, 3.63) is 52.6 Å². The lowest BCUT2D eigenvalue weighted by atomic mass is 10.2. The molecule has 9 nitrogen and oxygen atoms in total. The minimum absolute atomic E-state index is 0.0733. The zero-order valence-corrected chi connectivity index (χ0v) is 13.1. The lowest BCUT2D eigenvalue weighted by molar-refractivity contribution is -0.0459. The highest BCUT2D eigenvalue weighted by Crippen LogP contribution is 2.28. The van der Waals surface area contributed by atoms with Crippen molar-refractivity contribution in [1.82, 2.24) is 9.55 Å². The maximum Gasteiger partial charge on any atom is 0.351 e. The van der Waals surface area contributed by atoms with Crippen LogP contribution >= 0.6 is 0 Å². The van der Waals surface area contributed by atoms with Crippen molar-refractivity contribution in [3.63, 3.8) is 0 Å². The smallest absolute Gasteiger partial charge is 0.351 e. The predicted molar refractivity (Wildman–Crippen MR) is 85.9 cm³/mol. The summed E-state index contributed by atoms with van der Waals surface area (Å²) >= 11 is 0. The first-order chi connectivity index (χ1) is 12.0. The fourth-order valence-electron chi connectivity index (χ4n) is 2.55. The molecule has 0 aliphatic carbocycles.